The smallest absolute Gasteiger partial charge is 0.341 e. The van der Waals surface area contributed by atoms with Gasteiger partial charge < -0.3 is 20.1 Å². The van der Waals surface area contributed by atoms with E-state index in [-0.39, 0.29) is 17.7 Å². The second kappa shape index (κ2) is 8.12. The molecule has 2 amide bonds. The number of carboxylic acid groups (broad SMARTS) is 1. The fourth-order valence-corrected chi connectivity index (χ4v) is 2.84. The predicted octanol–water partition coefficient (Wildman–Crippen LogP) is 3.02. The number of nitrogens with one attached hydrogen (secondary N) is 1. The molecule has 3 rings (SSSR count). The van der Waals surface area contributed by atoms with Crippen molar-refractivity contribution in [1.82, 2.24) is 0 Å². The number of aliphatic carboxylic acids is 1. The molecule has 2 N–H and O–H groups in total. The van der Waals surface area contributed by atoms with Crippen LogP contribution in [0.3, 0.4) is 0 Å². The summed E-state index contributed by atoms with van der Waals surface area (Å²) in [6.07, 6.45) is 0.924. The molecular weight excluding hydrogens is 360 g/mol. The quantitative estimate of drug-likeness (QED) is 0.767. The Morgan fingerprint density at radius 3 is 2.25 bits per heavy atom. The zero-order valence-electron chi connectivity index (χ0n) is 15.7. The number of hydrogen-bond acceptors (Lipinski definition) is 4. The molecule has 1 fully saturated rings. The summed E-state index contributed by atoms with van der Waals surface area (Å²) in [5.74, 6) is -0.285. The second-order valence-electron chi connectivity index (χ2n) is 6.93. The summed E-state index contributed by atoms with van der Waals surface area (Å²) < 4.78 is 5.08. The molecule has 7 nitrogen and oxygen atoms in total. The Morgan fingerprint density at radius 2 is 1.71 bits per heavy atom. The molecule has 1 saturated carbocycles. The molecule has 1 aliphatic rings. The largest absolute Gasteiger partial charge is 0.482 e. The Balaban J connectivity index is 1.61. The van der Waals surface area contributed by atoms with E-state index < -0.39 is 12.6 Å². The molecule has 2 atom stereocenters. The highest BCUT2D eigenvalue weighted by Crippen LogP contribution is 2.38. The summed E-state index contributed by atoms with van der Waals surface area (Å²) in [6, 6.07) is 13.4. The molecule has 1 aliphatic carbocycles. The van der Waals surface area contributed by atoms with E-state index in [1.807, 2.05) is 6.92 Å². The fourth-order valence-electron chi connectivity index (χ4n) is 2.84. The molecule has 0 radical (unpaired) electrons. The average Bonchev–Trinajstić information content (AvgIpc) is 3.43. The van der Waals surface area contributed by atoms with Crippen molar-refractivity contribution in [2.24, 2.45) is 11.8 Å². The van der Waals surface area contributed by atoms with Gasteiger partial charge in [0.25, 0.3) is 5.91 Å². The molecule has 2 aromatic rings. The maximum Gasteiger partial charge on any atom is 0.341 e. The van der Waals surface area contributed by atoms with Crippen LogP contribution in [-0.2, 0) is 9.59 Å². The first-order chi connectivity index (χ1) is 13.3. The minimum Gasteiger partial charge on any atom is -0.482 e. The van der Waals surface area contributed by atoms with E-state index in [0.29, 0.717) is 28.6 Å². The number of amides is 2. The van der Waals surface area contributed by atoms with Crippen LogP contribution in [0.25, 0.3) is 0 Å². The lowest BCUT2D eigenvalue weighted by Crippen LogP contribution is -2.26. The molecule has 0 bridgehead atoms. The highest BCUT2D eigenvalue weighted by molar-refractivity contribution is 6.06. The Labute approximate surface area is 162 Å². The monoisotopic (exact) mass is 382 g/mol. The second-order valence-corrected chi connectivity index (χ2v) is 6.93. The van der Waals surface area contributed by atoms with Crippen molar-refractivity contribution in [3.63, 3.8) is 0 Å². The molecule has 7 heteroatoms. The summed E-state index contributed by atoms with van der Waals surface area (Å²) in [7, 11) is 1.65. The van der Waals surface area contributed by atoms with Gasteiger partial charge in [0.1, 0.15) is 5.75 Å². The molecule has 2 aromatic carbocycles. The molecule has 0 aliphatic heterocycles. The van der Waals surface area contributed by atoms with E-state index in [2.05, 4.69) is 5.32 Å². The Morgan fingerprint density at radius 1 is 1.11 bits per heavy atom. The van der Waals surface area contributed by atoms with E-state index in [1.165, 1.54) is 4.90 Å². The molecular formula is C21H22N2O5. The summed E-state index contributed by atoms with van der Waals surface area (Å²) in [5, 5.41) is 11.5. The lowest BCUT2D eigenvalue weighted by atomic mass is 10.1. The van der Waals surface area contributed by atoms with Crippen molar-refractivity contribution < 1.29 is 24.2 Å². The van der Waals surface area contributed by atoms with E-state index in [0.717, 1.165) is 6.42 Å². The van der Waals surface area contributed by atoms with Crippen LogP contribution in [0, 0.1) is 11.8 Å². The highest BCUT2D eigenvalue weighted by Gasteiger charge is 2.39. The number of anilines is 2. The molecule has 0 spiro atoms. The van der Waals surface area contributed by atoms with E-state index in [1.54, 1.807) is 55.6 Å². The maximum atomic E-state index is 12.7. The van der Waals surface area contributed by atoms with Gasteiger partial charge in [0, 0.05) is 29.9 Å². The van der Waals surface area contributed by atoms with Crippen LogP contribution in [0.4, 0.5) is 11.4 Å². The SMILES string of the molecule is CC1CC1C(=O)Nc1ccc(C(=O)N(C)c2ccc(OCC(=O)O)cc2)cc1. The number of benzene rings is 2. The summed E-state index contributed by atoms with van der Waals surface area (Å²) in [6.45, 7) is 1.63. The maximum absolute atomic E-state index is 12.7. The molecule has 0 aromatic heterocycles. The third-order valence-electron chi connectivity index (χ3n) is 4.74. The van der Waals surface area contributed by atoms with Crippen molar-refractivity contribution in [3.8, 4) is 5.75 Å². The van der Waals surface area contributed by atoms with Crippen molar-refractivity contribution in [2.45, 2.75) is 13.3 Å². The van der Waals surface area contributed by atoms with Gasteiger partial charge in [0.15, 0.2) is 6.61 Å². The normalized spacial score (nSPS) is 17.5. The van der Waals surface area contributed by atoms with Gasteiger partial charge in [-0.1, -0.05) is 6.92 Å². The number of rotatable bonds is 7. The number of hydrogen-bond donors (Lipinski definition) is 2. The van der Waals surface area contributed by atoms with Gasteiger partial charge in [-0.15, -0.1) is 0 Å². The molecule has 0 saturated heterocycles. The standard InChI is InChI=1S/C21H22N2O5/c1-13-11-18(13)20(26)22-15-5-3-14(4-6-15)21(27)23(2)16-7-9-17(10-8-16)28-12-19(24)25/h3-10,13,18H,11-12H2,1-2H3,(H,22,26)(H,24,25). The number of ether oxygens (including phenoxy) is 1. The van der Waals surface area contributed by atoms with E-state index in [9.17, 15) is 14.4 Å². The van der Waals surface area contributed by atoms with Crippen LogP contribution in [0.1, 0.15) is 23.7 Å². The fraction of sp³-hybridized carbons (Fsp3) is 0.286. The lowest BCUT2D eigenvalue weighted by Gasteiger charge is -2.18. The van der Waals surface area contributed by atoms with Crippen LogP contribution < -0.4 is 15.0 Å². The zero-order chi connectivity index (χ0) is 20.3. The number of carbonyl (C=O) groups is 3. The van der Waals surface area contributed by atoms with Gasteiger partial charge in [-0.2, -0.15) is 0 Å². The predicted molar refractivity (Wildman–Crippen MR) is 105 cm³/mol. The van der Waals surface area contributed by atoms with Gasteiger partial charge in [0.05, 0.1) is 0 Å². The summed E-state index contributed by atoms with van der Waals surface area (Å²) >= 11 is 0. The van der Waals surface area contributed by atoms with Crippen LogP contribution in [-0.4, -0.2) is 36.5 Å². The first-order valence-corrected chi connectivity index (χ1v) is 8.99. The summed E-state index contributed by atoms with van der Waals surface area (Å²) in [4.78, 5) is 36.7. The van der Waals surface area contributed by atoms with Gasteiger partial charge in [-0.3, -0.25) is 9.59 Å². The number of nitrogens with zero attached hydrogens (tertiary/aromatic N) is 1. The van der Waals surface area contributed by atoms with Crippen molar-refractivity contribution >= 4 is 29.2 Å². The van der Waals surface area contributed by atoms with Gasteiger partial charge in [0.2, 0.25) is 5.91 Å². The number of carboxylic acids is 1. The first-order valence-electron chi connectivity index (χ1n) is 8.99. The van der Waals surface area contributed by atoms with Crippen molar-refractivity contribution in [1.29, 1.82) is 0 Å². The minimum absolute atomic E-state index is 0.0221. The Bertz CT molecular complexity index is 877. The first kappa shape index (κ1) is 19.4. The van der Waals surface area contributed by atoms with Crippen molar-refractivity contribution in [2.75, 3.05) is 23.9 Å². The molecule has 2 unspecified atom stereocenters. The van der Waals surface area contributed by atoms with Gasteiger partial charge >= 0.3 is 5.97 Å². The average molecular weight is 382 g/mol. The third-order valence-corrected chi connectivity index (χ3v) is 4.74. The Kier molecular flexibility index (Phi) is 5.63. The third kappa shape index (κ3) is 4.68. The van der Waals surface area contributed by atoms with E-state index in [4.69, 9.17) is 9.84 Å². The lowest BCUT2D eigenvalue weighted by molar-refractivity contribution is -0.139. The van der Waals surface area contributed by atoms with Crippen molar-refractivity contribution in [3.05, 3.63) is 54.1 Å². The topological polar surface area (TPSA) is 95.9 Å². The van der Waals surface area contributed by atoms with E-state index >= 15 is 0 Å². The number of carbonyl (C=O) groups excluding carboxylic acids is 2. The molecule has 146 valence electrons. The van der Waals surface area contributed by atoms with Crippen LogP contribution in [0.2, 0.25) is 0 Å². The van der Waals surface area contributed by atoms with Gasteiger partial charge in [-0.05, 0) is 60.9 Å². The van der Waals surface area contributed by atoms with Crippen LogP contribution in [0.15, 0.2) is 48.5 Å². The summed E-state index contributed by atoms with van der Waals surface area (Å²) in [5.41, 5.74) is 1.81. The highest BCUT2D eigenvalue weighted by atomic mass is 16.5. The molecule has 28 heavy (non-hydrogen) atoms. The van der Waals surface area contributed by atoms with Crippen LogP contribution in [0.5, 0.6) is 5.75 Å². The zero-order valence-corrected chi connectivity index (χ0v) is 15.7. The van der Waals surface area contributed by atoms with Crippen LogP contribution >= 0.6 is 0 Å². The van der Waals surface area contributed by atoms with Gasteiger partial charge in [-0.25, -0.2) is 4.79 Å². The Hall–Kier alpha value is -3.35. The molecule has 0 heterocycles. The minimum atomic E-state index is -1.05.